The van der Waals surface area contributed by atoms with Gasteiger partial charge in [0.1, 0.15) is 0 Å². The average Bonchev–Trinajstić information content (AvgIpc) is 3.45. The fourth-order valence-corrected chi connectivity index (χ4v) is 13.7. The number of anilines is 12. The van der Waals surface area contributed by atoms with Gasteiger partial charge in [0.15, 0.2) is 46.0 Å². The molecule has 12 aromatic rings. The van der Waals surface area contributed by atoms with Gasteiger partial charge in [-0.1, -0.05) is 121 Å². The van der Waals surface area contributed by atoms with Gasteiger partial charge in [-0.15, -0.1) is 0 Å². The fraction of sp³-hybridized carbons (Fsp3) is 0.0137. The molecule has 380 valence electrons. The summed E-state index contributed by atoms with van der Waals surface area (Å²) >= 11 is 0. The lowest BCUT2D eigenvalue weighted by molar-refractivity contribution is 0.477. The zero-order chi connectivity index (χ0) is 52.9. The number of ether oxygens (including phenoxy) is 4. The standard InChI is InChI=1S/C73H44N4O4/c1-9-25-65-57(17-1)74(58-18-2-10-26-66(58)78-65)45-33-37-49-50-38-34-46(75-59-19-3-11-27-67(59)79-68-28-12-4-20-60(68)75)42-54(50)73(53(49)41-45)55-43-47(76-61-21-5-13-29-69(61)80-70-30-14-6-22-62(70)76)35-39-51(55)52-40-36-48(44-56(52)73)77-63-23-7-15-31-71(63)81-72-32-16-8-24-64(72)77/h1-44H. The highest BCUT2D eigenvalue weighted by Crippen LogP contribution is 2.67. The Morgan fingerprint density at radius 1 is 0.198 bits per heavy atom. The molecule has 0 aromatic heterocycles. The first-order chi connectivity index (χ1) is 40.2. The highest BCUT2D eigenvalue weighted by molar-refractivity contribution is 6.01. The maximum absolute atomic E-state index is 6.64. The molecule has 0 amide bonds. The van der Waals surface area contributed by atoms with Gasteiger partial charge in [-0.2, -0.15) is 0 Å². The first-order valence-corrected chi connectivity index (χ1v) is 27.4. The summed E-state index contributed by atoms with van der Waals surface area (Å²) < 4.78 is 26.6. The van der Waals surface area contributed by atoms with Gasteiger partial charge in [-0.05, 0) is 190 Å². The maximum atomic E-state index is 6.64. The third-order valence-electron chi connectivity index (χ3n) is 17.0. The highest BCUT2D eigenvalue weighted by Gasteiger charge is 2.53. The molecule has 8 heteroatoms. The normalized spacial score (nSPS) is 14.3. The molecule has 12 aromatic carbocycles. The summed E-state index contributed by atoms with van der Waals surface area (Å²) in [5.74, 6) is 6.40. The number of para-hydroxylation sites is 16. The summed E-state index contributed by atoms with van der Waals surface area (Å²) in [4.78, 5) is 9.46. The summed E-state index contributed by atoms with van der Waals surface area (Å²) in [6.45, 7) is 0. The van der Waals surface area contributed by atoms with Crippen LogP contribution in [0.5, 0.6) is 46.0 Å². The minimum Gasteiger partial charge on any atom is -0.453 e. The van der Waals surface area contributed by atoms with Crippen LogP contribution in [-0.4, -0.2) is 0 Å². The van der Waals surface area contributed by atoms with Crippen molar-refractivity contribution in [3.8, 4) is 68.2 Å². The molecule has 0 atom stereocenters. The molecule has 0 fully saturated rings. The molecule has 0 saturated carbocycles. The van der Waals surface area contributed by atoms with Crippen LogP contribution in [0.15, 0.2) is 267 Å². The minimum absolute atomic E-state index is 0.799. The first-order valence-electron chi connectivity index (χ1n) is 27.4. The van der Waals surface area contributed by atoms with Crippen LogP contribution in [-0.2, 0) is 5.41 Å². The molecule has 4 aliphatic heterocycles. The molecule has 6 aliphatic rings. The second kappa shape index (κ2) is 16.5. The lowest BCUT2D eigenvalue weighted by Crippen LogP contribution is -2.28. The predicted molar refractivity (Wildman–Crippen MR) is 322 cm³/mol. The molecule has 0 saturated heterocycles. The Morgan fingerprint density at radius 3 is 0.556 bits per heavy atom. The Hall–Kier alpha value is -11.0. The van der Waals surface area contributed by atoms with Crippen molar-refractivity contribution in [2.24, 2.45) is 0 Å². The van der Waals surface area contributed by atoms with E-state index in [0.29, 0.717) is 0 Å². The van der Waals surface area contributed by atoms with E-state index in [4.69, 9.17) is 18.9 Å². The van der Waals surface area contributed by atoms with Crippen molar-refractivity contribution in [2.75, 3.05) is 19.6 Å². The van der Waals surface area contributed by atoms with Gasteiger partial charge < -0.3 is 38.5 Å². The van der Waals surface area contributed by atoms with Crippen LogP contribution < -0.4 is 38.5 Å². The quantitative estimate of drug-likeness (QED) is 0.173. The van der Waals surface area contributed by atoms with E-state index < -0.39 is 5.41 Å². The molecular formula is C73H44N4O4. The van der Waals surface area contributed by atoms with E-state index in [-0.39, 0.29) is 0 Å². The van der Waals surface area contributed by atoms with Crippen LogP contribution in [0.1, 0.15) is 22.3 Å². The van der Waals surface area contributed by atoms with E-state index in [1.807, 2.05) is 48.5 Å². The van der Waals surface area contributed by atoms with Gasteiger partial charge in [-0.3, -0.25) is 0 Å². The number of hydrogen-bond acceptors (Lipinski definition) is 8. The Bertz CT molecular complexity index is 3910. The lowest BCUT2D eigenvalue weighted by atomic mass is 9.70. The van der Waals surface area contributed by atoms with Gasteiger partial charge in [-0.25, -0.2) is 0 Å². The van der Waals surface area contributed by atoms with E-state index in [9.17, 15) is 0 Å². The van der Waals surface area contributed by atoms with E-state index in [1.54, 1.807) is 0 Å². The van der Waals surface area contributed by atoms with Gasteiger partial charge in [0.25, 0.3) is 0 Å². The molecule has 4 heterocycles. The Morgan fingerprint density at radius 2 is 0.370 bits per heavy atom. The van der Waals surface area contributed by atoms with Crippen molar-refractivity contribution >= 4 is 68.2 Å². The summed E-state index contributed by atoms with van der Waals surface area (Å²) in [6, 6.07) is 95.2. The molecule has 1 spiro atoms. The van der Waals surface area contributed by atoms with Crippen molar-refractivity contribution in [3.05, 3.63) is 289 Å². The number of nitrogens with zero attached hydrogens (tertiary/aromatic N) is 4. The van der Waals surface area contributed by atoms with Crippen LogP contribution in [0.2, 0.25) is 0 Å². The summed E-state index contributed by atoms with van der Waals surface area (Å²) in [7, 11) is 0. The van der Waals surface area contributed by atoms with Crippen LogP contribution in [0.4, 0.5) is 68.2 Å². The van der Waals surface area contributed by atoms with Crippen molar-refractivity contribution in [1.82, 2.24) is 0 Å². The average molecular weight is 1040 g/mol. The van der Waals surface area contributed by atoms with Crippen molar-refractivity contribution in [3.63, 3.8) is 0 Å². The molecule has 8 nitrogen and oxygen atoms in total. The van der Waals surface area contributed by atoms with Crippen LogP contribution in [0.25, 0.3) is 22.3 Å². The SMILES string of the molecule is c1ccc2c(c1)Oc1ccccc1N2c1ccc2c(c1)C1(c3cc(N4c5ccccc5Oc5ccccc54)ccc3-2)c2cc(N3c4ccccc4Oc4ccccc43)ccc2-c2ccc(N3c4ccccc4Oc4ccccc43)cc21. The number of rotatable bonds is 4. The zero-order valence-electron chi connectivity index (χ0n) is 43.3. The second-order valence-electron chi connectivity index (χ2n) is 21.2. The molecule has 0 radical (unpaired) electrons. The van der Waals surface area contributed by atoms with E-state index in [2.05, 4.69) is 238 Å². The van der Waals surface area contributed by atoms with E-state index >= 15 is 0 Å². The molecule has 0 bridgehead atoms. The number of hydrogen-bond donors (Lipinski definition) is 0. The van der Waals surface area contributed by atoms with Crippen molar-refractivity contribution in [1.29, 1.82) is 0 Å². The van der Waals surface area contributed by atoms with E-state index in [0.717, 1.165) is 136 Å². The molecule has 81 heavy (non-hydrogen) atoms. The maximum Gasteiger partial charge on any atom is 0.151 e. The Labute approximate surface area is 467 Å². The lowest BCUT2D eigenvalue weighted by Gasteiger charge is -2.37. The molecular weight excluding hydrogens is 997 g/mol. The predicted octanol–water partition coefficient (Wildman–Crippen LogP) is 20.3. The molecule has 2 aliphatic carbocycles. The van der Waals surface area contributed by atoms with Crippen LogP contribution in [0, 0.1) is 0 Å². The number of benzene rings is 12. The summed E-state index contributed by atoms with van der Waals surface area (Å²) in [5.41, 5.74) is 20.3. The van der Waals surface area contributed by atoms with Gasteiger partial charge in [0.2, 0.25) is 0 Å². The minimum atomic E-state index is -0.902. The molecule has 18 rings (SSSR count). The largest absolute Gasteiger partial charge is 0.453 e. The third-order valence-corrected chi connectivity index (χ3v) is 17.0. The van der Waals surface area contributed by atoms with Gasteiger partial charge in [0, 0.05) is 22.7 Å². The topological polar surface area (TPSA) is 49.9 Å². The summed E-state index contributed by atoms with van der Waals surface area (Å²) in [6.07, 6.45) is 0. The third kappa shape index (κ3) is 6.13. The van der Waals surface area contributed by atoms with Crippen LogP contribution >= 0.6 is 0 Å². The van der Waals surface area contributed by atoms with E-state index in [1.165, 1.54) is 22.3 Å². The highest BCUT2D eigenvalue weighted by atomic mass is 16.5. The second-order valence-corrected chi connectivity index (χ2v) is 21.2. The smallest absolute Gasteiger partial charge is 0.151 e. The number of fused-ring (bicyclic) bond motifs is 18. The zero-order valence-corrected chi connectivity index (χ0v) is 43.3. The molecule has 0 N–H and O–H groups in total. The first kappa shape index (κ1) is 44.1. The monoisotopic (exact) mass is 1040 g/mol. The van der Waals surface area contributed by atoms with Crippen molar-refractivity contribution < 1.29 is 18.9 Å². The van der Waals surface area contributed by atoms with Gasteiger partial charge in [0.05, 0.1) is 50.9 Å². The van der Waals surface area contributed by atoms with Gasteiger partial charge >= 0.3 is 0 Å². The summed E-state index contributed by atoms with van der Waals surface area (Å²) in [5, 5.41) is 0. The Balaban J connectivity index is 0.954. The fourth-order valence-electron chi connectivity index (χ4n) is 13.7. The Kier molecular flexibility index (Phi) is 8.99. The van der Waals surface area contributed by atoms with Crippen molar-refractivity contribution in [2.45, 2.75) is 5.41 Å². The molecule has 0 unspecified atom stereocenters. The van der Waals surface area contributed by atoms with Crippen LogP contribution in [0.3, 0.4) is 0 Å².